The molecule has 1 amide bonds. The highest BCUT2D eigenvalue weighted by Gasteiger charge is 2.47. The number of alkyl halides is 3. The minimum absolute atomic E-state index is 0.0754. The van der Waals surface area contributed by atoms with Crippen molar-refractivity contribution in [1.82, 2.24) is 14.9 Å². The molecule has 4 rings (SSSR count). The first kappa shape index (κ1) is 17.2. The lowest BCUT2D eigenvalue weighted by Crippen LogP contribution is -2.35. The normalized spacial score (nSPS) is 19.4. The lowest BCUT2D eigenvalue weighted by Gasteiger charge is -2.32. The lowest BCUT2D eigenvalue weighted by atomic mass is 10.0. The molecule has 2 atom stereocenters. The molecule has 3 aromatic heterocycles. The van der Waals surface area contributed by atoms with Crippen molar-refractivity contribution in [3.8, 4) is 0 Å². The number of aryl methyl sites for hydroxylation is 1. The van der Waals surface area contributed by atoms with Crippen molar-refractivity contribution in [3.05, 3.63) is 47.7 Å². The lowest BCUT2D eigenvalue weighted by molar-refractivity contribution is -0.174. The van der Waals surface area contributed by atoms with Gasteiger partial charge in [0.15, 0.2) is 17.6 Å². The zero-order valence-corrected chi connectivity index (χ0v) is 13.9. The van der Waals surface area contributed by atoms with Crippen molar-refractivity contribution in [2.24, 2.45) is 0 Å². The third-order valence-electron chi connectivity index (χ3n) is 4.18. The first-order valence-electron chi connectivity index (χ1n) is 8.02. The van der Waals surface area contributed by atoms with Crippen LogP contribution in [0, 0.1) is 6.92 Å². The molecule has 0 fully saturated rings. The number of amides is 1. The van der Waals surface area contributed by atoms with Gasteiger partial charge in [0, 0.05) is 18.6 Å². The Hall–Kier alpha value is -3.24. The van der Waals surface area contributed by atoms with Crippen LogP contribution in [0.3, 0.4) is 0 Å². The molecule has 1 aliphatic heterocycles. The summed E-state index contributed by atoms with van der Waals surface area (Å²) >= 11 is 0. The van der Waals surface area contributed by atoms with E-state index in [0.717, 1.165) is 4.68 Å². The van der Waals surface area contributed by atoms with Crippen LogP contribution in [0.2, 0.25) is 0 Å². The number of hydrogen-bond donors (Lipinski definition) is 2. The van der Waals surface area contributed by atoms with Crippen molar-refractivity contribution < 1.29 is 26.9 Å². The highest BCUT2D eigenvalue weighted by molar-refractivity contribution is 6.02. The molecule has 0 aromatic carbocycles. The number of nitrogens with zero attached hydrogens (tertiary/aromatic N) is 3. The molecule has 0 saturated heterocycles. The fourth-order valence-corrected chi connectivity index (χ4v) is 2.97. The van der Waals surface area contributed by atoms with Gasteiger partial charge in [0.25, 0.3) is 5.91 Å². The van der Waals surface area contributed by atoms with Crippen molar-refractivity contribution in [2.45, 2.75) is 31.6 Å². The summed E-state index contributed by atoms with van der Waals surface area (Å²) < 4.78 is 51.5. The number of anilines is 2. The van der Waals surface area contributed by atoms with Gasteiger partial charge in [-0.3, -0.25) is 4.79 Å². The Morgan fingerprint density at radius 1 is 1.41 bits per heavy atom. The highest BCUT2D eigenvalue weighted by atomic mass is 19.4. The predicted molar refractivity (Wildman–Crippen MR) is 86.2 cm³/mol. The molecule has 8 nitrogen and oxygen atoms in total. The van der Waals surface area contributed by atoms with E-state index in [1.807, 2.05) is 0 Å². The van der Waals surface area contributed by atoms with Crippen LogP contribution in [0.1, 0.15) is 40.5 Å². The van der Waals surface area contributed by atoms with E-state index in [2.05, 4.69) is 20.9 Å². The quantitative estimate of drug-likeness (QED) is 0.718. The summed E-state index contributed by atoms with van der Waals surface area (Å²) in [5.74, 6) is 0.390. The number of aromatic nitrogens is 3. The first-order valence-corrected chi connectivity index (χ1v) is 8.02. The van der Waals surface area contributed by atoms with Gasteiger partial charge < -0.3 is 19.6 Å². The Labute approximate surface area is 150 Å². The standard InChI is InChI=1S/C16H14F3N5O3/c1-8-5-13(23-27-8)21-15(25)10-7-14-20-9(11-3-2-4-26-11)6-12(16(17,18)19)24(14)22-10/h2-5,7,9,12,20H,6H2,1H3,(H,21,23,25)/t9-,12+/m1/s1. The van der Waals surface area contributed by atoms with E-state index in [9.17, 15) is 18.0 Å². The molecule has 11 heteroatoms. The van der Waals surface area contributed by atoms with Gasteiger partial charge in [0.1, 0.15) is 17.3 Å². The molecule has 2 N–H and O–H groups in total. The second-order valence-electron chi connectivity index (χ2n) is 6.14. The second kappa shape index (κ2) is 6.18. The van der Waals surface area contributed by atoms with E-state index in [0.29, 0.717) is 11.5 Å². The molecule has 3 aromatic rings. The molecular weight excluding hydrogens is 367 g/mol. The maximum Gasteiger partial charge on any atom is 0.410 e. The summed E-state index contributed by atoms with van der Waals surface area (Å²) in [5.41, 5.74) is -0.174. The molecule has 0 bridgehead atoms. The maximum atomic E-state index is 13.6. The van der Waals surface area contributed by atoms with Crippen LogP contribution in [0.5, 0.6) is 0 Å². The minimum Gasteiger partial charge on any atom is -0.467 e. The summed E-state index contributed by atoms with van der Waals surface area (Å²) in [7, 11) is 0. The van der Waals surface area contributed by atoms with E-state index >= 15 is 0 Å². The number of furan rings is 1. The first-order chi connectivity index (χ1) is 12.8. The van der Waals surface area contributed by atoms with Crippen molar-refractivity contribution in [1.29, 1.82) is 0 Å². The van der Waals surface area contributed by atoms with Crippen molar-refractivity contribution >= 4 is 17.5 Å². The third-order valence-corrected chi connectivity index (χ3v) is 4.18. The summed E-state index contributed by atoms with van der Waals surface area (Å²) in [5, 5.41) is 12.8. The van der Waals surface area contributed by atoms with Crippen LogP contribution in [0.4, 0.5) is 24.8 Å². The van der Waals surface area contributed by atoms with Crippen LogP contribution in [0.15, 0.2) is 39.5 Å². The van der Waals surface area contributed by atoms with Gasteiger partial charge in [0.05, 0.1) is 12.3 Å². The van der Waals surface area contributed by atoms with Crippen LogP contribution in [-0.4, -0.2) is 27.0 Å². The molecular formula is C16H14F3N5O3. The van der Waals surface area contributed by atoms with Gasteiger partial charge >= 0.3 is 6.18 Å². The van der Waals surface area contributed by atoms with E-state index in [4.69, 9.17) is 8.94 Å². The SMILES string of the molecule is Cc1cc(NC(=O)c2cc3n(n2)[C@H](C(F)(F)F)C[C@H](c2ccco2)N3)no1. The van der Waals surface area contributed by atoms with E-state index in [1.165, 1.54) is 18.4 Å². The Balaban J connectivity index is 1.64. The van der Waals surface area contributed by atoms with Gasteiger partial charge in [-0.1, -0.05) is 5.16 Å². The Morgan fingerprint density at radius 3 is 2.85 bits per heavy atom. The molecule has 0 aliphatic carbocycles. The van der Waals surface area contributed by atoms with Gasteiger partial charge in [-0.05, 0) is 19.1 Å². The third kappa shape index (κ3) is 3.27. The van der Waals surface area contributed by atoms with Gasteiger partial charge in [-0.2, -0.15) is 18.3 Å². The van der Waals surface area contributed by atoms with Crippen LogP contribution >= 0.6 is 0 Å². The largest absolute Gasteiger partial charge is 0.467 e. The van der Waals surface area contributed by atoms with Gasteiger partial charge in [-0.25, -0.2) is 4.68 Å². The summed E-state index contributed by atoms with van der Waals surface area (Å²) in [6.45, 7) is 1.64. The number of nitrogens with one attached hydrogen (secondary N) is 2. The molecule has 4 heterocycles. The number of carbonyl (C=O) groups is 1. The minimum atomic E-state index is -4.54. The second-order valence-corrected chi connectivity index (χ2v) is 6.14. The Bertz CT molecular complexity index is 961. The molecule has 1 aliphatic rings. The molecule has 0 unspecified atom stereocenters. The van der Waals surface area contributed by atoms with Crippen molar-refractivity contribution in [3.63, 3.8) is 0 Å². The van der Waals surface area contributed by atoms with Crippen LogP contribution < -0.4 is 10.6 Å². The number of fused-ring (bicyclic) bond motifs is 1. The summed E-state index contributed by atoms with van der Waals surface area (Å²) in [6, 6.07) is 3.36. The molecule has 0 radical (unpaired) electrons. The maximum absolute atomic E-state index is 13.6. The topological polar surface area (TPSA) is 98.1 Å². The molecule has 0 saturated carbocycles. The van der Waals surface area contributed by atoms with E-state index in [-0.39, 0.29) is 23.8 Å². The number of rotatable bonds is 3. The Morgan fingerprint density at radius 2 is 2.22 bits per heavy atom. The number of carbonyl (C=O) groups excluding carboxylic acids is 1. The zero-order chi connectivity index (χ0) is 19.2. The fraction of sp³-hybridized carbons (Fsp3) is 0.312. The molecule has 142 valence electrons. The van der Waals surface area contributed by atoms with E-state index < -0.39 is 24.2 Å². The smallest absolute Gasteiger partial charge is 0.410 e. The average Bonchev–Trinajstić information content (AvgIpc) is 3.32. The Kier molecular flexibility index (Phi) is 3.93. The zero-order valence-electron chi connectivity index (χ0n) is 13.9. The van der Waals surface area contributed by atoms with Gasteiger partial charge in [0.2, 0.25) is 0 Å². The highest BCUT2D eigenvalue weighted by Crippen LogP contribution is 2.43. The average molecular weight is 381 g/mol. The fourth-order valence-electron chi connectivity index (χ4n) is 2.97. The van der Waals surface area contributed by atoms with E-state index in [1.54, 1.807) is 19.1 Å². The molecule has 27 heavy (non-hydrogen) atoms. The van der Waals surface area contributed by atoms with Crippen LogP contribution in [-0.2, 0) is 0 Å². The summed E-state index contributed by atoms with van der Waals surface area (Å²) in [6.07, 6.45) is -3.45. The summed E-state index contributed by atoms with van der Waals surface area (Å²) in [4.78, 5) is 12.3. The number of halogens is 3. The number of hydrogen-bond acceptors (Lipinski definition) is 6. The van der Waals surface area contributed by atoms with Gasteiger partial charge in [-0.15, -0.1) is 0 Å². The van der Waals surface area contributed by atoms with Crippen LogP contribution in [0.25, 0.3) is 0 Å². The monoisotopic (exact) mass is 381 g/mol. The predicted octanol–water partition coefficient (Wildman–Crippen LogP) is 3.69. The molecule has 0 spiro atoms. The van der Waals surface area contributed by atoms with Crippen molar-refractivity contribution in [2.75, 3.05) is 10.6 Å².